The van der Waals surface area contributed by atoms with Gasteiger partial charge in [-0.2, -0.15) is 0 Å². The van der Waals surface area contributed by atoms with Crippen LogP contribution in [0.1, 0.15) is 36.6 Å². The number of amides is 1. The van der Waals surface area contributed by atoms with Gasteiger partial charge in [-0.3, -0.25) is 15.2 Å². The van der Waals surface area contributed by atoms with Gasteiger partial charge in [-0.05, 0) is 32.1 Å². The molecule has 1 amide bonds. The van der Waals surface area contributed by atoms with Crippen LogP contribution < -0.4 is 16.6 Å². The summed E-state index contributed by atoms with van der Waals surface area (Å²) >= 11 is 0. The number of hydrogen-bond donors (Lipinski definition) is 3. The smallest absolute Gasteiger partial charge is 0.237 e. The molecule has 1 saturated heterocycles. The van der Waals surface area contributed by atoms with Crippen molar-refractivity contribution in [2.75, 3.05) is 6.54 Å². The molecular formula is C16H22N6O. The molecule has 122 valence electrons. The minimum atomic E-state index is 0.0715. The zero-order chi connectivity index (χ0) is 16.0. The highest BCUT2D eigenvalue weighted by Crippen LogP contribution is 2.42. The number of rotatable bonds is 2. The van der Waals surface area contributed by atoms with Gasteiger partial charge in [0.1, 0.15) is 0 Å². The van der Waals surface area contributed by atoms with Crippen LogP contribution in [0.3, 0.4) is 0 Å². The second-order valence-electron chi connectivity index (χ2n) is 6.64. The van der Waals surface area contributed by atoms with Gasteiger partial charge in [0.25, 0.3) is 0 Å². The maximum atomic E-state index is 12.1. The lowest BCUT2D eigenvalue weighted by Gasteiger charge is -2.43. The number of hydrogen-bond acceptors (Lipinski definition) is 5. The molecule has 7 heteroatoms. The van der Waals surface area contributed by atoms with E-state index in [1.807, 2.05) is 6.20 Å². The molecule has 23 heavy (non-hydrogen) atoms. The maximum Gasteiger partial charge on any atom is 0.237 e. The Kier molecular flexibility index (Phi) is 3.54. The number of aryl methyl sites for hydroxylation is 1. The molecule has 0 aromatic carbocycles. The fourth-order valence-corrected chi connectivity index (χ4v) is 4.36. The zero-order valence-corrected chi connectivity index (χ0v) is 13.2. The van der Waals surface area contributed by atoms with Crippen molar-refractivity contribution < 1.29 is 4.79 Å². The molecule has 0 bridgehead atoms. The predicted octanol–water partition coefficient (Wildman–Crippen LogP) is 0.499. The molecule has 4 atom stereocenters. The Bertz CT molecular complexity index is 741. The highest BCUT2D eigenvalue weighted by molar-refractivity contribution is 5.79. The third-order valence-electron chi connectivity index (χ3n) is 5.43. The van der Waals surface area contributed by atoms with Gasteiger partial charge in [-0.25, -0.2) is 10.4 Å². The highest BCUT2D eigenvalue weighted by Gasteiger charge is 2.43. The third-order valence-corrected chi connectivity index (χ3v) is 5.43. The summed E-state index contributed by atoms with van der Waals surface area (Å²) < 4.78 is 2.14. The van der Waals surface area contributed by atoms with E-state index in [2.05, 4.69) is 32.1 Å². The maximum absolute atomic E-state index is 12.1. The summed E-state index contributed by atoms with van der Waals surface area (Å²) in [5.74, 6) is 0.856. The van der Waals surface area contributed by atoms with Crippen molar-refractivity contribution in [2.45, 2.75) is 38.1 Å². The Morgan fingerprint density at radius 1 is 1.43 bits per heavy atom. The first-order valence-corrected chi connectivity index (χ1v) is 8.23. The molecule has 1 aliphatic heterocycles. The van der Waals surface area contributed by atoms with E-state index in [9.17, 15) is 4.79 Å². The zero-order valence-electron chi connectivity index (χ0n) is 13.2. The van der Waals surface area contributed by atoms with Crippen LogP contribution in [0, 0.1) is 18.8 Å². The average Bonchev–Trinajstić information content (AvgIpc) is 2.90. The summed E-state index contributed by atoms with van der Waals surface area (Å²) in [4.78, 5) is 20.9. The summed E-state index contributed by atoms with van der Waals surface area (Å²) in [5.41, 5.74) is 15.0. The van der Waals surface area contributed by atoms with Gasteiger partial charge in [0, 0.05) is 42.5 Å². The SMILES string of the molecule is Cc1nc2cnccn2c1C1CCC2C(=O)NNC(CN)C2C1. The second-order valence-corrected chi connectivity index (χ2v) is 6.64. The molecule has 2 fully saturated rings. The summed E-state index contributed by atoms with van der Waals surface area (Å²) in [6.45, 7) is 2.59. The van der Waals surface area contributed by atoms with Gasteiger partial charge in [0.2, 0.25) is 5.91 Å². The first-order chi connectivity index (χ1) is 11.2. The Morgan fingerprint density at radius 2 is 2.30 bits per heavy atom. The minimum absolute atomic E-state index is 0.0715. The van der Waals surface area contributed by atoms with Crippen LogP contribution in [0.2, 0.25) is 0 Å². The Hall–Kier alpha value is -1.99. The number of hydrazine groups is 1. The van der Waals surface area contributed by atoms with Crippen molar-refractivity contribution in [3.8, 4) is 0 Å². The molecule has 2 aliphatic rings. The predicted molar refractivity (Wildman–Crippen MR) is 85.4 cm³/mol. The van der Waals surface area contributed by atoms with Crippen LogP contribution in [-0.2, 0) is 4.79 Å². The van der Waals surface area contributed by atoms with Crippen molar-refractivity contribution in [3.63, 3.8) is 0 Å². The number of imidazole rings is 1. The van der Waals surface area contributed by atoms with Crippen LogP contribution in [0.25, 0.3) is 5.65 Å². The van der Waals surface area contributed by atoms with E-state index in [1.165, 1.54) is 5.69 Å². The highest BCUT2D eigenvalue weighted by atomic mass is 16.2. The standard InChI is InChI=1S/C16H22N6O/c1-9-15(22-5-4-18-8-14(22)19-9)10-2-3-11-12(6-10)13(7-17)20-21-16(11)23/h4-5,8,10-13,20H,2-3,6-7,17H2,1H3,(H,21,23). The fraction of sp³-hybridized carbons (Fsp3) is 0.562. The number of nitrogens with zero attached hydrogens (tertiary/aromatic N) is 3. The number of aromatic nitrogens is 3. The number of carbonyl (C=O) groups excluding carboxylic acids is 1. The van der Waals surface area contributed by atoms with Gasteiger partial charge in [0.15, 0.2) is 5.65 Å². The molecule has 0 radical (unpaired) electrons. The Morgan fingerprint density at radius 3 is 3.13 bits per heavy atom. The van der Waals surface area contributed by atoms with Gasteiger partial charge in [-0.1, -0.05) is 0 Å². The molecule has 2 aromatic rings. The number of nitrogens with two attached hydrogens (primary N) is 1. The molecule has 4 N–H and O–H groups in total. The Labute approximate surface area is 134 Å². The molecule has 1 aliphatic carbocycles. The van der Waals surface area contributed by atoms with E-state index in [1.54, 1.807) is 12.4 Å². The largest absolute Gasteiger partial charge is 0.329 e. The molecule has 4 rings (SSSR count). The van der Waals surface area contributed by atoms with Crippen LogP contribution in [0.4, 0.5) is 0 Å². The monoisotopic (exact) mass is 314 g/mol. The van der Waals surface area contributed by atoms with E-state index in [4.69, 9.17) is 5.73 Å². The molecule has 1 saturated carbocycles. The van der Waals surface area contributed by atoms with Crippen LogP contribution in [-0.4, -0.2) is 32.9 Å². The molecule has 4 unspecified atom stereocenters. The van der Waals surface area contributed by atoms with Crippen molar-refractivity contribution in [3.05, 3.63) is 30.0 Å². The first-order valence-electron chi connectivity index (χ1n) is 8.23. The van der Waals surface area contributed by atoms with Crippen LogP contribution in [0.5, 0.6) is 0 Å². The lowest BCUT2D eigenvalue weighted by Crippen LogP contribution is -2.62. The summed E-state index contributed by atoms with van der Waals surface area (Å²) in [7, 11) is 0. The lowest BCUT2D eigenvalue weighted by atomic mass is 9.68. The molecular weight excluding hydrogens is 292 g/mol. The second kappa shape index (κ2) is 5.58. The van der Waals surface area contributed by atoms with E-state index in [0.717, 1.165) is 30.6 Å². The molecule has 3 heterocycles. The van der Waals surface area contributed by atoms with Crippen molar-refractivity contribution >= 4 is 11.6 Å². The minimum Gasteiger partial charge on any atom is -0.329 e. The topological polar surface area (TPSA) is 97.3 Å². The number of fused-ring (bicyclic) bond motifs is 2. The normalized spacial score (nSPS) is 31.0. The quantitative estimate of drug-likeness (QED) is 0.750. The lowest BCUT2D eigenvalue weighted by molar-refractivity contribution is -0.133. The number of carbonyl (C=O) groups is 1. The van der Waals surface area contributed by atoms with Gasteiger partial charge >= 0.3 is 0 Å². The van der Waals surface area contributed by atoms with Crippen molar-refractivity contribution in [2.24, 2.45) is 17.6 Å². The van der Waals surface area contributed by atoms with Gasteiger partial charge in [0.05, 0.1) is 11.9 Å². The van der Waals surface area contributed by atoms with Crippen molar-refractivity contribution in [1.82, 2.24) is 25.2 Å². The summed E-state index contributed by atoms with van der Waals surface area (Å²) in [6, 6.07) is 0.140. The molecule has 2 aromatic heterocycles. The summed E-state index contributed by atoms with van der Waals surface area (Å²) in [6.07, 6.45) is 8.43. The van der Waals surface area contributed by atoms with E-state index < -0.39 is 0 Å². The van der Waals surface area contributed by atoms with Crippen LogP contribution in [0.15, 0.2) is 18.6 Å². The third kappa shape index (κ3) is 2.31. The summed E-state index contributed by atoms with van der Waals surface area (Å²) in [5, 5.41) is 0. The van der Waals surface area contributed by atoms with E-state index in [-0.39, 0.29) is 23.8 Å². The first kappa shape index (κ1) is 14.6. The molecule has 7 nitrogen and oxygen atoms in total. The fourth-order valence-electron chi connectivity index (χ4n) is 4.36. The van der Waals surface area contributed by atoms with E-state index >= 15 is 0 Å². The van der Waals surface area contributed by atoms with Crippen molar-refractivity contribution in [1.29, 1.82) is 0 Å². The van der Waals surface area contributed by atoms with E-state index in [0.29, 0.717) is 12.5 Å². The Balaban J connectivity index is 1.68. The molecule has 0 spiro atoms. The average molecular weight is 314 g/mol. The van der Waals surface area contributed by atoms with Gasteiger partial charge in [-0.15, -0.1) is 0 Å². The van der Waals surface area contributed by atoms with Gasteiger partial charge < -0.3 is 10.1 Å². The number of nitrogens with one attached hydrogen (secondary N) is 2. The van der Waals surface area contributed by atoms with Crippen LogP contribution >= 0.6 is 0 Å².